The SMILES string of the molecule is O=C1CC(c2ccc([N+](=O)[O-])cc2)n2c(nc3ccccc32)N1. The molecule has 1 aliphatic heterocycles. The van der Waals surface area contributed by atoms with Crippen molar-refractivity contribution in [1.29, 1.82) is 0 Å². The number of aromatic nitrogens is 2. The van der Waals surface area contributed by atoms with E-state index in [4.69, 9.17) is 0 Å². The molecule has 0 saturated carbocycles. The van der Waals surface area contributed by atoms with Crippen LogP contribution < -0.4 is 5.32 Å². The van der Waals surface area contributed by atoms with Gasteiger partial charge >= 0.3 is 0 Å². The maximum Gasteiger partial charge on any atom is 0.269 e. The first-order chi connectivity index (χ1) is 11.1. The maximum absolute atomic E-state index is 12.0. The molecule has 0 spiro atoms. The van der Waals surface area contributed by atoms with Gasteiger partial charge in [0.15, 0.2) is 0 Å². The lowest BCUT2D eigenvalue weighted by Crippen LogP contribution is -2.28. The lowest BCUT2D eigenvalue weighted by molar-refractivity contribution is -0.384. The van der Waals surface area contributed by atoms with Crippen LogP contribution in [-0.2, 0) is 4.79 Å². The van der Waals surface area contributed by atoms with E-state index in [1.54, 1.807) is 12.1 Å². The Bertz CT molecular complexity index is 930. The number of nitro groups is 1. The van der Waals surface area contributed by atoms with E-state index in [2.05, 4.69) is 10.3 Å². The smallest absolute Gasteiger partial charge is 0.269 e. The standard InChI is InChI=1S/C16H12N4O3/c21-15-9-14(10-5-7-11(8-6-10)20(22)23)19-13-4-2-1-3-12(13)17-16(19)18-15/h1-8,14H,9H2,(H,17,18,21). The highest BCUT2D eigenvalue weighted by molar-refractivity contribution is 5.94. The molecule has 0 bridgehead atoms. The van der Waals surface area contributed by atoms with Gasteiger partial charge < -0.3 is 4.57 Å². The quantitative estimate of drug-likeness (QED) is 0.582. The molecule has 1 amide bonds. The van der Waals surface area contributed by atoms with Crippen molar-refractivity contribution in [1.82, 2.24) is 9.55 Å². The second kappa shape index (κ2) is 4.91. The zero-order valence-corrected chi connectivity index (χ0v) is 12.0. The van der Waals surface area contributed by atoms with Crippen LogP contribution in [0.4, 0.5) is 11.6 Å². The first-order valence-electron chi connectivity index (χ1n) is 7.14. The zero-order chi connectivity index (χ0) is 16.0. The molecule has 1 atom stereocenters. The Morgan fingerprint density at radius 3 is 2.65 bits per heavy atom. The summed E-state index contributed by atoms with van der Waals surface area (Å²) in [6.45, 7) is 0. The van der Waals surface area contributed by atoms with E-state index >= 15 is 0 Å². The number of imidazole rings is 1. The van der Waals surface area contributed by atoms with Gasteiger partial charge in [-0.1, -0.05) is 24.3 Å². The molecule has 7 heteroatoms. The molecular formula is C16H12N4O3. The van der Waals surface area contributed by atoms with Crippen LogP contribution >= 0.6 is 0 Å². The monoisotopic (exact) mass is 308 g/mol. The fraction of sp³-hybridized carbons (Fsp3) is 0.125. The Morgan fingerprint density at radius 2 is 1.91 bits per heavy atom. The average Bonchev–Trinajstić information content (AvgIpc) is 2.92. The number of carbonyl (C=O) groups excluding carboxylic acids is 1. The summed E-state index contributed by atoms with van der Waals surface area (Å²) in [7, 11) is 0. The molecule has 0 aliphatic carbocycles. The van der Waals surface area contributed by atoms with Gasteiger partial charge in [-0.2, -0.15) is 0 Å². The third kappa shape index (κ3) is 2.13. The number of nitrogens with zero attached hydrogens (tertiary/aromatic N) is 3. The summed E-state index contributed by atoms with van der Waals surface area (Å²) >= 11 is 0. The predicted molar refractivity (Wildman–Crippen MR) is 84.2 cm³/mol. The van der Waals surface area contributed by atoms with Gasteiger partial charge in [0.1, 0.15) is 0 Å². The highest BCUT2D eigenvalue weighted by Crippen LogP contribution is 2.34. The van der Waals surface area contributed by atoms with Gasteiger partial charge in [0.05, 0.1) is 28.4 Å². The Morgan fingerprint density at radius 1 is 1.17 bits per heavy atom. The summed E-state index contributed by atoms with van der Waals surface area (Å²) in [6.07, 6.45) is 0.269. The number of hydrogen-bond donors (Lipinski definition) is 1. The van der Waals surface area contributed by atoms with Gasteiger partial charge in [-0.15, -0.1) is 0 Å². The number of fused-ring (bicyclic) bond motifs is 3. The minimum atomic E-state index is -0.435. The van der Waals surface area contributed by atoms with Gasteiger partial charge in [-0.25, -0.2) is 4.98 Å². The summed E-state index contributed by atoms with van der Waals surface area (Å²) < 4.78 is 1.97. The molecule has 1 aliphatic rings. The third-order valence-electron chi connectivity index (χ3n) is 4.03. The molecule has 1 N–H and O–H groups in total. The summed E-state index contributed by atoms with van der Waals surface area (Å²) in [5, 5.41) is 13.6. The molecule has 4 rings (SSSR count). The minimum Gasteiger partial charge on any atom is -0.302 e. The van der Waals surface area contributed by atoms with Gasteiger partial charge in [0.25, 0.3) is 5.69 Å². The van der Waals surface area contributed by atoms with Gasteiger partial charge in [0.2, 0.25) is 11.9 Å². The number of hydrogen-bond acceptors (Lipinski definition) is 4. The van der Waals surface area contributed by atoms with Crippen LogP contribution in [0.2, 0.25) is 0 Å². The van der Waals surface area contributed by atoms with E-state index < -0.39 is 4.92 Å². The topological polar surface area (TPSA) is 90.1 Å². The van der Waals surface area contributed by atoms with E-state index in [0.29, 0.717) is 5.95 Å². The Hall–Kier alpha value is -3.22. The number of nitrogens with one attached hydrogen (secondary N) is 1. The molecule has 2 heterocycles. The lowest BCUT2D eigenvalue weighted by atomic mass is 10.0. The number of anilines is 1. The molecule has 3 aromatic rings. The Balaban J connectivity index is 1.86. The maximum atomic E-state index is 12.0. The molecule has 7 nitrogen and oxygen atoms in total. The predicted octanol–water partition coefficient (Wildman–Crippen LogP) is 2.88. The first-order valence-corrected chi connectivity index (χ1v) is 7.14. The van der Waals surface area contributed by atoms with Gasteiger partial charge in [0, 0.05) is 12.1 Å². The minimum absolute atomic E-state index is 0.0322. The number of rotatable bonds is 2. The van der Waals surface area contributed by atoms with Crippen molar-refractivity contribution in [2.24, 2.45) is 0 Å². The van der Waals surface area contributed by atoms with E-state index in [1.165, 1.54) is 12.1 Å². The van der Waals surface area contributed by atoms with Crippen molar-refractivity contribution >= 4 is 28.6 Å². The van der Waals surface area contributed by atoms with Gasteiger partial charge in [-0.3, -0.25) is 20.2 Å². The van der Waals surface area contributed by atoms with Crippen molar-refractivity contribution < 1.29 is 9.72 Å². The van der Waals surface area contributed by atoms with Crippen molar-refractivity contribution in [3.8, 4) is 0 Å². The number of non-ortho nitro benzene ring substituents is 1. The van der Waals surface area contributed by atoms with Crippen molar-refractivity contribution in [2.75, 3.05) is 5.32 Å². The molecule has 2 aromatic carbocycles. The number of benzene rings is 2. The summed E-state index contributed by atoms with van der Waals surface area (Å²) in [5.41, 5.74) is 2.60. The normalized spacial score (nSPS) is 16.9. The van der Waals surface area contributed by atoms with Crippen molar-refractivity contribution in [3.63, 3.8) is 0 Å². The number of amides is 1. The Labute approximate surface area is 130 Å². The summed E-state index contributed by atoms with van der Waals surface area (Å²) in [5.74, 6) is 0.391. The second-order valence-corrected chi connectivity index (χ2v) is 5.41. The lowest BCUT2D eigenvalue weighted by Gasteiger charge is -2.26. The van der Waals surface area contributed by atoms with Crippen LogP contribution in [0.3, 0.4) is 0 Å². The largest absolute Gasteiger partial charge is 0.302 e. The van der Waals surface area contributed by atoms with E-state index in [-0.39, 0.29) is 24.1 Å². The third-order valence-corrected chi connectivity index (χ3v) is 4.03. The molecule has 0 saturated heterocycles. The molecule has 0 fully saturated rings. The van der Waals surface area contributed by atoms with Crippen molar-refractivity contribution in [2.45, 2.75) is 12.5 Å². The molecule has 114 valence electrons. The zero-order valence-electron chi connectivity index (χ0n) is 12.0. The first kappa shape index (κ1) is 13.4. The summed E-state index contributed by atoms with van der Waals surface area (Å²) in [6, 6.07) is 13.7. The molecule has 1 aromatic heterocycles. The highest BCUT2D eigenvalue weighted by atomic mass is 16.6. The molecule has 1 unspecified atom stereocenters. The van der Waals surface area contributed by atoms with Crippen molar-refractivity contribution in [3.05, 3.63) is 64.2 Å². The van der Waals surface area contributed by atoms with Crippen LogP contribution in [0, 0.1) is 10.1 Å². The van der Waals surface area contributed by atoms with E-state index in [9.17, 15) is 14.9 Å². The van der Waals surface area contributed by atoms with E-state index in [0.717, 1.165) is 16.6 Å². The number of para-hydroxylation sites is 2. The fourth-order valence-electron chi connectivity index (χ4n) is 2.98. The van der Waals surface area contributed by atoms with Crippen LogP contribution in [0.1, 0.15) is 18.0 Å². The van der Waals surface area contributed by atoms with Gasteiger partial charge in [-0.05, 0) is 17.7 Å². The summed E-state index contributed by atoms with van der Waals surface area (Å²) in [4.78, 5) is 26.8. The van der Waals surface area contributed by atoms with E-state index in [1.807, 2.05) is 28.8 Å². The second-order valence-electron chi connectivity index (χ2n) is 5.41. The molecular weight excluding hydrogens is 296 g/mol. The molecule has 0 radical (unpaired) electrons. The average molecular weight is 308 g/mol. The van der Waals surface area contributed by atoms with Crippen LogP contribution in [0.5, 0.6) is 0 Å². The molecule has 23 heavy (non-hydrogen) atoms. The number of carbonyl (C=O) groups is 1. The number of nitro benzene ring substituents is 1. The Kier molecular flexibility index (Phi) is 2.87. The highest BCUT2D eigenvalue weighted by Gasteiger charge is 2.29. The van der Waals surface area contributed by atoms with Crippen LogP contribution in [0.25, 0.3) is 11.0 Å². The van der Waals surface area contributed by atoms with Crippen LogP contribution in [0.15, 0.2) is 48.5 Å². The van der Waals surface area contributed by atoms with Crippen LogP contribution in [-0.4, -0.2) is 20.4 Å². The fourth-order valence-corrected chi connectivity index (χ4v) is 2.98.